The van der Waals surface area contributed by atoms with E-state index in [4.69, 9.17) is 15.2 Å². The summed E-state index contributed by atoms with van der Waals surface area (Å²) in [7, 11) is 3.19. The molecule has 1 aromatic rings. The van der Waals surface area contributed by atoms with Crippen LogP contribution < -0.4 is 20.5 Å². The average Bonchev–Trinajstić information content (AvgIpc) is 2.35. The van der Waals surface area contributed by atoms with Gasteiger partial charge < -0.3 is 20.5 Å². The minimum atomic E-state index is -0.377. The van der Waals surface area contributed by atoms with Crippen LogP contribution in [-0.2, 0) is 11.3 Å². The minimum Gasteiger partial charge on any atom is -0.497 e. The number of amides is 1. The van der Waals surface area contributed by atoms with Crippen molar-refractivity contribution in [2.24, 2.45) is 5.73 Å². The predicted molar refractivity (Wildman–Crippen MR) is 65.0 cm³/mol. The molecule has 0 heterocycles. The molecule has 0 bridgehead atoms. The number of nitrogens with one attached hydrogen (secondary N) is 1. The quantitative estimate of drug-likeness (QED) is 0.764. The van der Waals surface area contributed by atoms with Crippen molar-refractivity contribution in [1.29, 1.82) is 0 Å². The smallest absolute Gasteiger partial charge is 0.234 e. The highest BCUT2D eigenvalue weighted by Crippen LogP contribution is 2.24. The van der Waals surface area contributed by atoms with Gasteiger partial charge in [0.25, 0.3) is 0 Å². The largest absolute Gasteiger partial charge is 0.497 e. The van der Waals surface area contributed by atoms with Crippen LogP contribution in [0.4, 0.5) is 0 Å². The fourth-order valence-corrected chi connectivity index (χ4v) is 1.36. The SMILES string of the molecule is COc1ccc(CN[C@@H](C)C(N)=O)c(OC)c1. The van der Waals surface area contributed by atoms with Crippen LogP contribution in [0.2, 0.25) is 0 Å². The van der Waals surface area contributed by atoms with Crippen LogP contribution in [0.3, 0.4) is 0 Å². The lowest BCUT2D eigenvalue weighted by Crippen LogP contribution is -2.38. The number of carbonyl (C=O) groups excluding carboxylic acids is 1. The molecule has 0 saturated carbocycles. The normalized spacial score (nSPS) is 11.9. The third kappa shape index (κ3) is 3.64. The Hall–Kier alpha value is -1.75. The van der Waals surface area contributed by atoms with Gasteiger partial charge in [-0.2, -0.15) is 0 Å². The van der Waals surface area contributed by atoms with E-state index in [0.717, 1.165) is 11.3 Å². The fraction of sp³-hybridized carbons (Fsp3) is 0.417. The van der Waals surface area contributed by atoms with Gasteiger partial charge in [-0.15, -0.1) is 0 Å². The van der Waals surface area contributed by atoms with Gasteiger partial charge in [0.2, 0.25) is 5.91 Å². The monoisotopic (exact) mass is 238 g/mol. The lowest BCUT2D eigenvalue weighted by Gasteiger charge is -2.13. The van der Waals surface area contributed by atoms with E-state index in [1.165, 1.54) is 0 Å². The number of ether oxygens (including phenoxy) is 2. The van der Waals surface area contributed by atoms with Gasteiger partial charge in [-0.3, -0.25) is 4.79 Å². The van der Waals surface area contributed by atoms with Crippen molar-refractivity contribution in [3.05, 3.63) is 23.8 Å². The van der Waals surface area contributed by atoms with Crippen LogP contribution in [0.25, 0.3) is 0 Å². The highest BCUT2D eigenvalue weighted by Gasteiger charge is 2.10. The standard InChI is InChI=1S/C12H18N2O3/c1-8(12(13)15)14-7-9-4-5-10(16-2)6-11(9)17-3/h4-6,8,14H,7H2,1-3H3,(H2,13,15)/t8-/m0/s1. The first-order valence-corrected chi connectivity index (χ1v) is 5.32. The molecule has 1 rings (SSSR count). The molecule has 1 aromatic carbocycles. The van der Waals surface area contributed by atoms with E-state index < -0.39 is 0 Å². The number of rotatable bonds is 6. The molecule has 0 fully saturated rings. The Labute approximate surface area is 101 Å². The van der Waals surface area contributed by atoms with Crippen LogP contribution in [0, 0.1) is 0 Å². The maximum atomic E-state index is 10.9. The molecule has 0 spiro atoms. The molecule has 5 nitrogen and oxygen atoms in total. The van der Waals surface area contributed by atoms with Crippen molar-refractivity contribution in [3.63, 3.8) is 0 Å². The van der Waals surface area contributed by atoms with Gasteiger partial charge in [-0.25, -0.2) is 0 Å². The zero-order chi connectivity index (χ0) is 12.8. The first-order chi connectivity index (χ1) is 8.08. The van der Waals surface area contributed by atoms with Gasteiger partial charge in [-0.1, -0.05) is 6.07 Å². The molecule has 0 aliphatic rings. The van der Waals surface area contributed by atoms with E-state index >= 15 is 0 Å². The van der Waals surface area contributed by atoms with Crippen LogP contribution >= 0.6 is 0 Å². The van der Waals surface area contributed by atoms with Crippen LogP contribution in [0.1, 0.15) is 12.5 Å². The van der Waals surface area contributed by atoms with Crippen molar-refractivity contribution in [1.82, 2.24) is 5.32 Å². The zero-order valence-electron chi connectivity index (χ0n) is 10.3. The molecule has 1 atom stereocenters. The molecule has 17 heavy (non-hydrogen) atoms. The maximum Gasteiger partial charge on any atom is 0.234 e. The molecular weight excluding hydrogens is 220 g/mol. The Kier molecular flexibility index (Phi) is 4.78. The van der Waals surface area contributed by atoms with Gasteiger partial charge >= 0.3 is 0 Å². The fourth-order valence-electron chi connectivity index (χ4n) is 1.36. The van der Waals surface area contributed by atoms with Crippen molar-refractivity contribution >= 4 is 5.91 Å². The summed E-state index contributed by atoms with van der Waals surface area (Å²) in [6.07, 6.45) is 0. The molecule has 0 aromatic heterocycles. The Morgan fingerprint density at radius 2 is 2.12 bits per heavy atom. The summed E-state index contributed by atoms with van der Waals surface area (Å²) in [4.78, 5) is 10.9. The number of methoxy groups -OCH3 is 2. The van der Waals surface area contributed by atoms with E-state index in [9.17, 15) is 4.79 Å². The Morgan fingerprint density at radius 1 is 1.41 bits per heavy atom. The second kappa shape index (κ2) is 6.10. The average molecular weight is 238 g/mol. The number of hydrogen-bond donors (Lipinski definition) is 2. The number of carbonyl (C=O) groups is 1. The van der Waals surface area contributed by atoms with Crippen LogP contribution in [-0.4, -0.2) is 26.2 Å². The maximum absolute atomic E-state index is 10.9. The molecule has 94 valence electrons. The van der Waals surface area contributed by atoms with E-state index in [2.05, 4.69) is 5.32 Å². The van der Waals surface area contributed by atoms with Crippen molar-refractivity contribution in [2.45, 2.75) is 19.5 Å². The molecule has 5 heteroatoms. The second-order valence-electron chi connectivity index (χ2n) is 3.68. The number of hydrogen-bond acceptors (Lipinski definition) is 4. The molecule has 0 unspecified atom stereocenters. The third-order valence-electron chi connectivity index (χ3n) is 2.52. The molecule has 3 N–H and O–H groups in total. The molecule has 0 saturated heterocycles. The van der Waals surface area contributed by atoms with Crippen molar-refractivity contribution in [2.75, 3.05) is 14.2 Å². The topological polar surface area (TPSA) is 73.6 Å². The summed E-state index contributed by atoms with van der Waals surface area (Å²) >= 11 is 0. The number of benzene rings is 1. The number of primary amides is 1. The minimum absolute atomic E-state index is 0.373. The lowest BCUT2D eigenvalue weighted by atomic mass is 10.1. The summed E-state index contributed by atoms with van der Waals surface area (Å²) in [6.45, 7) is 2.23. The van der Waals surface area contributed by atoms with Gasteiger partial charge in [0, 0.05) is 18.2 Å². The van der Waals surface area contributed by atoms with E-state index in [0.29, 0.717) is 12.3 Å². The Bertz CT molecular complexity index is 393. The van der Waals surface area contributed by atoms with Gasteiger partial charge in [0.05, 0.1) is 20.3 Å². The Balaban J connectivity index is 2.73. The molecule has 0 aliphatic carbocycles. The predicted octanol–water partition coefficient (Wildman–Crippen LogP) is 0.667. The molecule has 0 aliphatic heterocycles. The van der Waals surface area contributed by atoms with E-state index in [1.54, 1.807) is 27.2 Å². The Morgan fingerprint density at radius 3 is 2.65 bits per heavy atom. The zero-order valence-corrected chi connectivity index (χ0v) is 10.3. The summed E-state index contributed by atoms with van der Waals surface area (Å²) in [5, 5.41) is 3.02. The highest BCUT2D eigenvalue weighted by atomic mass is 16.5. The van der Waals surface area contributed by atoms with Gasteiger partial charge in [0.1, 0.15) is 11.5 Å². The van der Waals surface area contributed by atoms with E-state index in [1.807, 2.05) is 12.1 Å². The molecule has 1 amide bonds. The summed E-state index contributed by atoms with van der Waals surface area (Å²) < 4.78 is 10.3. The van der Waals surface area contributed by atoms with E-state index in [-0.39, 0.29) is 11.9 Å². The molecular formula is C12H18N2O3. The molecule has 0 radical (unpaired) electrons. The third-order valence-corrected chi connectivity index (χ3v) is 2.52. The van der Waals surface area contributed by atoms with Crippen LogP contribution in [0.5, 0.6) is 11.5 Å². The second-order valence-corrected chi connectivity index (χ2v) is 3.68. The summed E-state index contributed by atoms with van der Waals surface area (Å²) in [5.41, 5.74) is 6.11. The van der Waals surface area contributed by atoms with Crippen molar-refractivity contribution in [3.8, 4) is 11.5 Å². The summed E-state index contributed by atoms with van der Waals surface area (Å²) in [5.74, 6) is 1.07. The first-order valence-electron chi connectivity index (χ1n) is 5.32. The number of nitrogens with two attached hydrogens (primary N) is 1. The van der Waals surface area contributed by atoms with Crippen molar-refractivity contribution < 1.29 is 14.3 Å². The lowest BCUT2D eigenvalue weighted by molar-refractivity contribution is -0.119. The van der Waals surface area contributed by atoms with Gasteiger partial charge in [-0.05, 0) is 13.0 Å². The highest BCUT2D eigenvalue weighted by molar-refractivity contribution is 5.79. The first kappa shape index (κ1) is 13.3. The summed E-state index contributed by atoms with van der Waals surface area (Å²) in [6, 6.07) is 5.15. The van der Waals surface area contributed by atoms with Gasteiger partial charge in [0.15, 0.2) is 0 Å². The van der Waals surface area contributed by atoms with Crippen LogP contribution in [0.15, 0.2) is 18.2 Å².